The fourth-order valence-corrected chi connectivity index (χ4v) is 3.47. The number of methoxy groups -OCH3 is 1. The van der Waals surface area contributed by atoms with E-state index in [-0.39, 0.29) is 18.3 Å². The standard InChI is InChI=1S/C24H26ClN5O6/c1-14(2)36-20-10-9-18(11-15(20)3)27-22-28(12-16-5-7-17(25)8-6-16)23(33)29(24(34)30(22)26)13-19(31)21(32)35-4/h5-11,14H,12-13,26H2,1-4H3. The molecule has 1 aromatic heterocycles. The third kappa shape index (κ3) is 5.92. The van der Waals surface area contributed by atoms with Gasteiger partial charge in [0.1, 0.15) is 12.3 Å². The van der Waals surface area contributed by atoms with Crippen molar-refractivity contribution >= 4 is 29.0 Å². The van der Waals surface area contributed by atoms with Gasteiger partial charge in [0, 0.05) is 5.02 Å². The maximum Gasteiger partial charge on any atom is 0.376 e. The van der Waals surface area contributed by atoms with Crippen LogP contribution in [-0.2, 0) is 27.4 Å². The number of carbonyl (C=O) groups excluding carboxylic acids is 2. The maximum atomic E-state index is 13.4. The van der Waals surface area contributed by atoms with Crippen molar-refractivity contribution in [3.8, 4) is 5.75 Å². The number of rotatable bonds is 8. The maximum absolute atomic E-state index is 13.4. The van der Waals surface area contributed by atoms with Crippen LogP contribution in [0.3, 0.4) is 0 Å². The van der Waals surface area contributed by atoms with Gasteiger partial charge in [0.25, 0.3) is 5.78 Å². The van der Waals surface area contributed by atoms with Crippen LogP contribution in [0.15, 0.2) is 57.0 Å². The lowest BCUT2D eigenvalue weighted by Gasteiger charge is -2.14. The zero-order valence-corrected chi connectivity index (χ0v) is 21.0. The molecular formula is C24H26ClN5O6. The first-order valence-electron chi connectivity index (χ1n) is 10.9. The van der Waals surface area contributed by atoms with Crippen molar-refractivity contribution in [3.63, 3.8) is 0 Å². The number of ether oxygens (including phenoxy) is 2. The van der Waals surface area contributed by atoms with Crippen LogP contribution >= 0.6 is 11.6 Å². The molecule has 0 atom stereocenters. The highest BCUT2D eigenvalue weighted by Gasteiger charge is 2.20. The molecule has 2 N–H and O–H groups in total. The van der Waals surface area contributed by atoms with Gasteiger partial charge in [-0.2, -0.15) is 4.68 Å². The van der Waals surface area contributed by atoms with Crippen molar-refractivity contribution in [2.24, 2.45) is 4.99 Å². The second-order valence-corrected chi connectivity index (χ2v) is 8.61. The second-order valence-electron chi connectivity index (χ2n) is 8.18. The molecule has 0 unspecified atom stereocenters. The summed E-state index contributed by atoms with van der Waals surface area (Å²) in [5.74, 6) is 4.44. The number of Topliss-reactive ketones (excluding diaryl/α,β-unsaturated/α-hetero) is 1. The summed E-state index contributed by atoms with van der Waals surface area (Å²) in [5, 5.41) is 0.498. The number of carbonyl (C=O) groups is 2. The van der Waals surface area contributed by atoms with Crippen LogP contribution in [0.1, 0.15) is 25.0 Å². The first kappa shape index (κ1) is 26.5. The molecule has 0 aliphatic carbocycles. The number of nitrogens with two attached hydrogens (primary N) is 1. The van der Waals surface area contributed by atoms with E-state index in [1.54, 1.807) is 42.5 Å². The van der Waals surface area contributed by atoms with Crippen LogP contribution in [0.5, 0.6) is 5.75 Å². The first-order chi connectivity index (χ1) is 17.0. The summed E-state index contributed by atoms with van der Waals surface area (Å²) in [7, 11) is 1.02. The Morgan fingerprint density at radius 1 is 1.06 bits per heavy atom. The summed E-state index contributed by atoms with van der Waals surface area (Å²) in [6, 6.07) is 11.8. The third-order valence-electron chi connectivity index (χ3n) is 5.07. The molecule has 36 heavy (non-hydrogen) atoms. The average Bonchev–Trinajstić information content (AvgIpc) is 2.84. The summed E-state index contributed by atoms with van der Waals surface area (Å²) in [6.07, 6.45) is -0.0254. The number of halogens is 1. The predicted molar refractivity (Wildman–Crippen MR) is 133 cm³/mol. The van der Waals surface area contributed by atoms with Crippen LogP contribution in [0, 0.1) is 6.92 Å². The summed E-state index contributed by atoms with van der Waals surface area (Å²) >= 11 is 5.97. The average molecular weight is 516 g/mol. The Bertz CT molecular complexity index is 1480. The van der Waals surface area contributed by atoms with E-state index in [4.69, 9.17) is 22.2 Å². The van der Waals surface area contributed by atoms with E-state index in [2.05, 4.69) is 9.73 Å². The lowest BCUT2D eigenvalue weighted by molar-refractivity contribution is -0.152. The normalized spacial score (nSPS) is 11.6. The molecule has 0 amide bonds. The minimum absolute atomic E-state index is 0.0254. The quantitative estimate of drug-likeness (QED) is 0.271. The number of nitrogen functional groups attached to an aromatic ring is 1. The monoisotopic (exact) mass is 515 g/mol. The lowest BCUT2D eigenvalue weighted by Crippen LogP contribution is -2.58. The molecule has 0 fully saturated rings. The Kier molecular flexibility index (Phi) is 8.15. The molecule has 190 valence electrons. The molecule has 3 rings (SSSR count). The number of ketones is 1. The molecule has 12 heteroatoms. The first-order valence-corrected chi connectivity index (χ1v) is 11.3. The minimum atomic E-state index is -1.19. The van der Waals surface area contributed by atoms with Crippen molar-refractivity contribution in [2.75, 3.05) is 13.0 Å². The van der Waals surface area contributed by atoms with E-state index in [0.717, 1.165) is 17.2 Å². The highest BCUT2D eigenvalue weighted by molar-refractivity contribution is 6.33. The van der Waals surface area contributed by atoms with Crippen molar-refractivity contribution in [2.45, 2.75) is 40.0 Å². The van der Waals surface area contributed by atoms with Gasteiger partial charge in [0.2, 0.25) is 5.62 Å². The Morgan fingerprint density at radius 2 is 1.72 bits per heavy atom. The molecule has 3 aromatic rings. The molecule has 0 saturated carbocycles. The summed E-state index contributed by atoms with van der Waals surface area (Å²) in [4.78, 5) is 54.4. The number of aromatic nitrogens is 3. The number of aryl methyl sites for hydroxylation is 1. The van der Waals surface area contributed by atoms with Crippen molar-refractivity contribution in [3.05, 3.63) is 85.2 Å². The SMILES string of the molecule is COC(=O)C(=O)Cn1c(=O)n(N)c(=Nc2ccc(OC(C)C)c(C)c2)n(Cc2ccc(Cl)cc2)c1=O. The van der Waals surface area contributed by atoms with E-state index in [1.807, 2.05) is 20.8 Å². The summed E-state index contributed by atoms with van der Waals surface area (Å²) in [5.41, 5.74) is -0.228. The number of hydrogen-bond acceptors (Lipinski definition) is 8. The van der Waals surface area contributed by atoms with Crippen molar-refractivity contribution in [1.82, 2.24) is 13.8 Å². The summed E-state index contributed by atoms with van der Waals surface area (Å²) in [6.45, 7) is 4.76. The van der Waals surface area contributed by atoms with Gasteiger partial charge in [-0.15, -0.1) is 0 Å². The van der Waals surface area contributed by atoms with Crippen LogP contribution in [0.2, 0.25) is 5.02 Å². The van der Waals surface area contributed by atoms with Crippen LogP contribution in [-0.4, -0.2) is 38.8 Å². The number of esters is 1. The van der Waals surface area contributed by atoms with Gasteiger partial charge in [-0.25, -0.2) is 23.9 Å². The van der Waals surface area contributed by atoms with E-state index >= 15 is 0 Å². The highest BCUT2D eigenvalue weighted by atomic mass is 35.5. The number of nitrogens with zero attached hydrogens (tertiary/aromatic N) is 4. The smallest absolute Gasteiger partial charge is 0.376 e. The molecule has 11 nitrogen and oxygen atoms in total. The predicted octanol–water partition coefficient (Wildman–Crippen LogP) is 1.30. The largest absolute Gasteiger partial charge is 0.491 e. The van der Waals surface area contributed by atoms with E-state index in [9.17, 15) is 19.2 Å². The Morgan fingerprint density at radius 3 is 2.31 bits per heavy atom. The summed E-state index contributed by atoms with van der Waals surface area (Å²) < 4.78 is 12.5. The van der Waals surface area contributed by atoms with E-state index in [1.165, 1.54) is 0 Å². The van der Waals surface area contributed by atoms with Gasteiger partial charge in [-0.1, -0.05) is 23.7 Å². The van der Waals surface area contributed by atoms with E-state index < -0.39 is 29.7 Å². The van der Waals surface area contributed by atoms with Gasteiger partial charge < -0.3 is 15.3 Å². The van der Waals surface area contributed by atoms with Crippen molar-refractivity contribution in [1.29, 1.82) is 0 Å². The fraction of sp³-hybridized carbons (Fsp3) is 0.292. The molecule has 0 spiro atoms. The van der Waals surface area contributed by atoms with Crippen LogP contribution < -0.4 is 27.6 Å². The topological polar surface area (TPSA) is 140 Å². The van der Waals surface area contributed by atoms with Gasteiger partial charge >= 0.3 is 17.3 Å². The zero-order chi connectivity index (χ0) is 26.6. The molecule has 2 aromatic carbocycles. The molecule has 0 saturated heterocycles. The van der Waals surface area contributed by atoms with Crippen molar-refractivity contribution < 1.29 is 19.1 Å². The van der Waals surface area contributed by atoms with Gasteiger partial charge in [0.15, 0.2) is 0 Å². The minimum Gasteiger partial charge on any atom is -0.491 e. The van der Waals surface area contributed by atoms with Gasteiger partial charge in [-0.05, 0) is 62.2 Å². The van der Waals surface area contributed by atoms with Crippen LogP contribution in [0.25, 0.3) is 0 Å². The van der Waals surface area contributed by atoms with E-state index in [0.29, 0.717) is 31.3 Å². The second kappa shape index (κ2) is 11.1. The highest BCUT2D eigenvalue weighted by Crippen LogP contribution is 2.24. The third-order valence-corrected chi connectivity index (χ3v) is 5.33. The Labute approximate surface area is 211 Å². The number of hydrogen-bond donors (Lipinski definition) is 1. The zero-order valence-electron chi connectivity index (χ0n) is 20.2. The van der Waals surface area contributed by atoms with Gasteiger partial charge in [0.05, 0.1) is 25.4 Å². The fourth-order valence-electron chi connectivity index (χ4n) is 3.35. The van der Waals surface area contributed by atoms with Crippen LogP contribution in [0.4, 0.5) is 5.69 Å². The molecule has 0 aliphatic rings. The lowest BCUT2D eigenvalue weighted by atomic mass is 10.2. The number of benzene rings is 2. The molecule has 1 heterocycles. The Balaban J connectivity index is 2.23. The molecular weight excluding hydrogens is 490 g/mol. The molecule has 0 aliphatic heterocycles. The molecule has 0 bridgehead atoms. The Hall–Kier alpha value is -4.12. The van der Waals surface area contributed by atoms with Gasteiger partial charge in [-0.3, -0.25) is 9.36 Å². The molecule has 0 radical (unpaired) electrons.